The predicted molar refractivity (Wildman–Crippen MR) is 128 cm³/mol. The third-order valence-corrected chi connectivity index (χ3v) is 9.57. The lowest BCUT2D eigenvalue weighted by Gasteiger charge is -2.56. The van der Waals surface area contributed by atoms with Gasteiger partial charge < -0.3 is 9.64 Å². The van der Waals surface area contributed by atoms with Gasteiger partial charge in [-0.25, -0.2) is 13.2 Å². The number of Topliss-reactive ketones (excluding diaryl/α,β-unsaturated/α-hetero) is 1. The molecule has 1 saturated heterocycles. The Hall–Kier alpha value is -3.13. The topological polar surface area (TPSA) is 84.0 Å². The first kappa shape index (κ1) is 22.7. The van der Waals surface area contributed by atoms with Crippen LogP contribution >= 0.6 is 0 Å². The van der Waals surface area contributed by atoms with E-state index in [1.165, 1.54) is 10.4 Å². The van der Waals surface area contributed by atoms with E-state index in [-0.39, 0.29) is 29.6 Å². The lowest BCUT2D eigenvalue weighted by Crippen LogP contribution is -2.70. The number of ketones is 1. The molecule has 0 radical (unpaired) electrons. The van der Waals surface area contributed by atoms with E-state index >= 15 is 0 Å². The number of carbonyl (C=O) groups is 2. The van der Waals surface area contributed by atoms with E-state index < -0.39 is 33.6 Å². The Morgan fingerprint density at radius 2 is 1.91 bits per heavy atom. The molecule has 3 aliphatic rings. The molecule has 7 nitrogen and oxygen atoms in total. The van der Waals surface area contributed by atoms with Gasteiger partial charge >= 0.3 is 6.09 Å². The molecule has 8 heteroatoms. The van der Waals surface area contributed by atoms with Crippen molar-refractivity contribution < 1.29 is 22.7 Å². The van der Waals surface area contributed by atoms with Crippen LogP contribution in [0.3, 0.4) is 0 Å². The molecule has 4 atom stereocenters. The fourth-order valence-corrected chi connectivity index (χ4v) is 7.90. The van der Waals surface area contributed by atoms with Crippen molar-refractivity contribution in [3.05, 3.63) is 72.3 Å². The molecule has 4 unspecified atom stereocenters. The minimum Gasteiger partial charge on any atom is -0.445 e. The maximum Gasteiger partial charge on any atom is 0.410 e. The smallest absolute Gasteiger partial charge is 0.410 e. The minimum atomic E-state index is -3.97. The molecular weight excluding hydrogens is 452 g/mol. The Bertz CT molecular complexity index is 1270. The number of para-hydroxylation sites is 1. The van der Waals surface area contributed by atoms with Crippen molar-refractivity contribution in [2.45, 2.75) is 49.1 Å². The van der Waals surface area contributed by atoms with Gasteiger partial charge in [-0.2, -0.15) is 0 Å². The van der Waals surface area contributed by atoms with Crippen LogP contribution < -0.4 is 4.31 Å². The van der Waals surface area contributed by atoms with Gasteiger partial charge in [0.1, 0.15) is 12.4 Å². The number of amides is 1. The molecule has 5 rings (SSSR count). The third kappa shape index (κ3) is 3.04. The van der Waals surface area contributed by atoms with Gasteiger partial charge in [0.25, 0.3) is 10.0 Å². The Morgan fingerprint density at radius 1 is 1.21 bits per heavy atom. The first-order chi connectivity index (χ1) is 16.2. The Labute approximate surface area is 200 Å². The summed E-state index contributed by atoms with van der Waals surface area (Å²) in [5, 5.41) is 0. The van der Waals surface area contributed by atoms with Gasteiger partial charge in [0, 0.05) is 24.3 Å². The summed E-state index contributed by atoms with van der Waals surface area (Å²) >= 11 is 0. The molecule has 2 aromatic carbocycles. The van der Waals surface area contributed by atoms with E-state index in [0.29, 0.717) is 18.7 Å². The molecule has 1 aliphatic carbocycles. The number of rotatable bonds is 4. The van der Waals surface area contributed by atoms with Gasteiger partial charge in [0.15, 0.2) is 0 Å². The van der Waals surface area contributed by atoms with Crippen molar-refractivity contribution in [1.82, 2.24) is 4.90 Å². The van der Waals surface area contributed by atoms with Gasteiger partial charge in [0.2, 0.25) is 0 Å². The molecular formula is C26H28N2O5S. The minimum absolute atomic E-state index is 0.0341. The fraction of sp³-hybridized carbons (Fsp3) is 0.385. The van der Waals surface area contributed by atoms with Crippen LogP contribution in [0.2, 0.25) is 0 Å². The standard InChI is InChI=1S/C26H28N2O5S/c1-4-15-33-25(30)27-14-13-26-18(3)23(29)16-22(27)24(26)28(21-8-6-5-7-20(21)26)34(31,32)19-11-9-17(2)10-12-19/h4-12,18,22,24H,1,13-16H2,2-3H3. The number of ether oxygens (including phenoxy) is 1. The molecule has 0 aromatic heterocycles. The van der Waals surface area contributed by atoms with Gasteiger partial charge in [-0.05, 0) is 37.1 Å². The van der Waals surface area contributed by atoms with Gasteiger partial charge in [0.05, 0.1) is 22.7 Å². The summed E-state index contributed by atoms with van der Waals surface area (Å²) in [6.07, 6.45) is 1.50. The number of aryl methyl sites for hydroxylation is 1. The molecule has 2 fully saturated rings. The van der Waals surface area contributed by atoms with Crippen molar-refractivity contribution in [3.8, 4) is 0 Å². The quantitative estimate of drug-likeness (QED) is 0.622. The number of carbonyl (C=O) groups excluding carboxylic acids is 2. The maximum absolute atomic E-state index is 14.1. The van der Waals surface area contributed by atoms with E-state index in [1.807, 2.05) is 32.0 Å². The number of benzene rings is 2. The van der Waals surface area contributed by atoms with Crippen LogP contribution in [0.5, 0.6) is 0 Å². The number of anilines is 1. The Kier molecular flexibility index (Phi) is 5.31. The van der Waals surface area contributed by atoms with Crippen LogP contribution in [0.15, 0.2) is 66.1 Å². The molecule has 0 N–H and O–H groups in total. The number of fused-ring (bicyclic) bond motifs is 1. The van der Waals surface area contributed by atoms with E-state index in [2.05, 4.69) is 6.58 Å². The number of piperidine rings is 1. The number of likely N-dealkylation sites (tertiary alicyclic amines) is 1. The summed E-state index contributed by atoms with van der Waals surface area (Å²) in [7, 11) is -3.97. The summed E-state index contributed by atoms with van der Waals surface area (Å²) in [6, 6.07) is 13.0. The SMILES string of the molecule is C=CCOC(=O)N1CCC23c4ccccc4N(S(=O)(=O)c4ccc(C)cc4)C2C1CC(=O)C3C. The molecule has 34 heavy (non-hydrogen) atoms. The Balaban J connectivity index is 1.70. The zero-order chi connectivity index (χ0) is 24.3. The molecule has 1 amide bonds. The molecule has 0 spiro atoms. The highest BCUT2D eigenvalue weighted by Gasteiger charge is 2.67. The second-order valence-electron chi connectivity index (χ2n) is 9.38. The number of hydrogen-bond acceptors (Lipinski definition) is 5. The summed E-state index contributed by atoms with van der Waals surface area (Å²) in [5.41, 5.74) is 1.70. The molecule has 178 valence electrons. The maximum atomic E-state index is 14.1. The highest BCUT2D eigenvalue weighted by molar-refractivity contribution is 7.93. The number of hydrogen-bond donors (Lipinski definition) is 0. The molecule has 2 aliphatic heterocycles. The van der Waals surface area contributed by atoms with Crippen LogP contribution in [-0.4, -0.2) is 50.4 Å². The second kappa shape index (κ2) is 7.98. The number of nitrogens with zero attached hydrogens (tertiary/aromatic N) is 2. The van der Waals surface area contributed by atoms with Gasteiger partial charge in [-0.3, -0.25) is 9.10 Å². The van der Waals surface area contributed by atoms with Crippen molar-refractivity contribution in [2.24, 2.45) is 5.92 Å². The molecule has 2 heterocycles. The Morgan fingerprint density at radius 3 is 2.62 bits per heavy atom. The summed E-state index contributed by atoms with van der Waals surface area (Å²) in [4.78, 5) is 27.9. The highest BCUT2D eigenvalue weighted by atomic mass is 32.2. The average molecular weight is 481 g/mol. The fourth-order valence-electron chi connectivity index (χ4n) is 6.14. The van der Waals surface area contributed by atoms with Crippen molar-refractivity contribution in [1.29, 1.82) is 0 Å². The highest BCUT2D eigenvalue weighted by Crippen LogP contribution is 2.59. The first-order valence-corrected chi connectivity index (χ1v) is 12.9. The monoisotopic (exact) mass is 480 g/mol. The van der Waals surface area contributed by atoms with E-state index in [0.717, 1.165) is 11.1 Å². The van der Waals surface area contributed by atoms with Crippen molar-refractivity contribution >= 4 is 27.6 Å². The van der Waals surface area contributed by atoms with Gasteiger partial charge in [-0.1, -0.05) is 55.5 Å². The zero-order valence-corrected chi connectivity index (χ0v) is 20.1. The van der Waals surface area contributed by atoms with Crippen LogP contribution in [0.25, 0.3) is 0 Å². The van der Waals surface area contributed by atoms with E-state index in [4.69, 9.17) is 4.74 Å². The van der Waals surface area contributed by atoms with Crippen molar-refractivity contribution in [2.75, 3.05) is 17.5 Å². The molecule has 2 bridgehead atoms. The van der Waals surface area contributed by atoms with Crippen LogP contribution in [-0.2, 0) is 25.0 Å². The molecule has 1 saturated carbocycles. The largest absolute Gasteiger partial charge is 0.445 e. The van der Waals surface area contributed by atoms with Crippen LogP contribution in [0.1, 0.15) is 30.9 Å². The normalized spacial score (nSPS) is 27.7. The predicted octanol–water partition coefficient (Wildman–Crippen LogP) is 3.82. The molecule has 2 aromatic rings. The lowest BCUT2D eigenvalue weighted by atomic mass is 9.56. The summed E-state index contributed by atoms with van der Waals surface area (Å²) < 4.78 is 35.0. The van der Waals surface area contributed by atoms with E-state index in [9.17, 15) is 18.0 Å². The van der Waals surface area contributed by atoms with Crippen LogP contribution in [0.4, 0.5) is 10.5 Å². The van der Waals surface area contributed by atoms with Crippen molar-refractivity contribution in [3.63, 3.8) is 0 Å². The first-order valence-electron chi connectivity index (χ1n) is 11.5. The average Bonchev–Trinajstić information content (AvgIpc) is 3.15. The lowest BCUT2D eigenvalue weighted by molar-refractivity contribution is -0.132. The second-order valence-corrected chi connectivity index (χ2v) is 11.2. The van der Waals surface area contributed by atoms with Crippen LogP contribution in [0, 0.1) is 12.8 Å². The summed E-state index contributed by atoms with van der Waals surface area (Å²) in [6.45, 7) is 7.83. The third-order valence-electron chi connectivity index (χ3n) is 7.76. The van der Waals surface area contributed by atoms with E-state index in [1.54, 1.807) is 35.2 Å². The van der Waals surface area contributed by atoms with Gasteiger partial charge in [-0.15, -0.1) is 0 Å². The number of sulfonamides is 1. The zero-order valence-electron chi connectivity index (χ0n) is 19.3. The summed E-state index contributed by atoms with van der Waals surface area (Å²) in [5.74, 6) is -0.341.